The highest BCUT2D eigenvalue weighted by Crippen LogP contribution is 1.99. The molecule has 0 aliphatic heterocycles. The van der Waals surface area contributed by atoms with Crippen LogP contribution in [0.15, 0.2) is 4.99 Å². The Hall–Kier alpha value is -0.770. The smallest absolute Gasteiger partial charge is 0.191 e. The topological polar surface area (TPSA) is 39.7 Å². The molecule has 0 heterocycles. The summed E-state index contributed by atoms with van der Waals surface area (Å²) in [4.78, 5) is 6.54. The van der Waals surface area contributed by atoms with E-state index >= 15 is 0 Å². The molecule has 4 heteroatoms. The van der Waals surface area contributed by atoms with Crippen molar-refractivity contribution < 1.29 is 0 Å². The van der Waals surface area contributed by atoms with Gasteiger partial charge in [-0.15, -0.1) is 0 Å². The predicted octanol–water partition coefficient (Wildman–Crippen LogP) is 1.54. The molecule has 0 aromatic heterocycles. The first-order valence-corrected chi connectivity index (χ1v) is 6.55. The summed E-state index contributed by atoms with van der Waals surface area (Å²) in [6.07, 6.45) is 0. The number of hydrogen-bond acceptors (Lipinski definition) is 2. The fourth-order valence-electron chi connectivity index (χ4n) is 1.19. The van der Waals surface area contributed by atoms with E-state index < -0.39 is 0 Å². The molecule has 0 amide bonds. The molecule has 2 N–H and O–H groups in total. The standard InChI is InChI=1S/C13H30N4/c1-10(2)12(5)16-13(14-6)15-8-9-17(7)11(3)4/h10-12H,8-9H2,1-7H3,(H2,14,15,16). The highest BCUT2D eigenvalue weighted by Gasteiger charge is 2.09. The Balaban J connectivity index is 3.92. The van der Waals surface area contributed by atoms with Crippen LogP contribution in [0.4, 0.5) is 0 Å². The molecule has 0 rings (SSSR count). The first-order chi connectivity index (χ1) is 7.88. The highest BCUT2D eigenvalue weighted by atomic mass is 15.2. The number of hydrogen-bond donors (Lipinski definition) is 2. The van der Waals surface area contributed by atoms with Crippen LogP contribution in [0.2, 0.25) is 0 Å². The molecule has 0 saturated carbocycles. The largest absolute Gasteiger partial charge is 0.355 e. The SMILES string of the molecule is CN=C(NCCN(C)C(C)C)NC(C)C(C)C. The van der Waals surface area contributed by atoms with E-state index in [2.05, 4.69) is 62.2 Å². The van der Waals surface area contributed by atoms with E-state index in [4.69, 9.17) is 0 Å². The van der Waals surface area contributed by atoms with Gasteiger partial charge < -0.3 is 15.5 Å². The zero-order valence-corrected chi connectivity index (χ0v) is 12.5. The molecule has 1 atom stereocenters. The molecular formula is C13H30N4. The first-order valence-electron chi connectivity index (χ1n) is 6.55. The van der Waals surface area contributed by atoms with Gasteiger partial charge in [0, 0.05) is 32.2 Å². The van der Waals surface area contributed by atoms with Gasteiger partial charge in [0.1, 0.15) is 0 Å². The predicted molar refractivity (Wildman–Crippen MR) is 76.6 cm³/mol. The van der Waals surface area contributed by atoms with Crippen molar-refractivity contribution >= 4 is 5.96 Å². The number of guanidine groups is 1. The fraction of sp³-hybridized carbons (Fsp3) is 0.923. The molecule has 0 bridgehead atoms. The Morgan fingerprint density at radius 3 is 2.18 bits per heavy atom. The van der Waals surface area contributed by atoms with Crippen molar-refractivity contribution in [1.29, 1.82) is 0 Å². The van der Waals surface area contributed by atoms with Crippen molar-refractivity contribution in [2.75, 3.05) is 27.2 Å². The Labute approximate surface area is 107 Å². The minimum absolute atomic E-state index is 0.434. The molecule has 0 radical (unpaired) electrons. The van der Waals surface area contributed by atoms with E-state index in [1.807, 2.05) is 7.05 Å². The Morgan fingerprint density at radius 1 is 1.18 bits per heavy atom. The maximum atomic E-state index is 4.23. The lowest BCUT2D eigenvalue weighted by Crippen LogP contribution is -2.46. The summed E-state index contributed by atoms with van der Waals surface area (Å²) in [6.45, 7) is 12.9. The van der Waals surface area contributed by atoms with Crippen LogP contribution < -0.4 is 10.6 Å². The molecule has 17 heavy (non-hydrogen) atoms. The van der Waals surface area contributed by atoms with Crippen LogP contribution in [0.5, 0.6) is 0 Å². The molecule has 0 aliphatic carbocycles. The van der Waals surface area contributed by atoms with Crippen molar-refractivity contribution in [2.24, 2.45) is 10.9 Å². The fourth-order valence-corrected chi connectivity index (χ4v) is 1.19. The molecule has 0 fully saturated rings. The summed E-state index contributed by atoms with van der Waals surface area (Å²) in [5.41, 5.74) is 0. The van der Waals surface area contributed by atoms with Crippen LogP contribution >= 0.6 is 0 Å². The monoisotopic (exact) mass is 242 g/mol. The van der Waals surface area contributed by atoms with Crippen LogP contribution in [-0.4, -0.2) is 50.1 Å². The molecule has 0 saturated heterocycles. The zero-order chi connectivity index (χ0) is 13.4. The molecule has 0 aromatic rings. The lowest BCUT2D eigenvalue weighted by Gasteiger charge is -2.23. The molecule has 102 valence electrons. The number of nitrogens with zero attached hydrogens (tertiary/aromatic N) is 2. The maximum absolute atomic E-state index is 4.23. The van der Waals surface area contributed by atoms with Gasteiger partial charge in [0.05, 0.1) is 0 Å². The minimum Gasteiger partial charge on any atom is -0.355 e. The zero-order valence-electron chi connectivity index (χ0n) is 12.5. The van der Waals surface area contributed by atoms with Gasteiger partial charge in [0.25, 0.3) is 0 Å². The van der Waals surface area contributed by atoms with Gasteiger partial charge in [-0.25, -0.2) is 0 Å². The third-order valence-electron chi connectivity index (χ3n) is 3.23. The van der Waals surface area contributed by atoms with Crippen molar-refractivity contribution in [2.45, 2.75) is 46.7 Å². The average molecular weight is 242 g/mol. The van der Waals surface area contributed by atoms with Crippen LogP contribution in [0.3, 0.4) is 0 Å². The third kappa shape index (κ3) is 7.21. The average Bonchev–Trinajstić information content (AvgIpc) is 2.26. The van der Waals surface area contributed by atoms with E-state index in [0.717, 1.165) is 19.0 Å². The Kier molecular flexibility index (Phi) is 7.96. The van der Waals surface area contributed by atoms with Crippen LogP contribution in [-0.2, 0) is 0 Å². The lowest BCUT2D eigenvalue weighted by atomic mass is 10.1. The highest BCUT2D eigenvalue weighted by molar-refractivity contribution is 5.79. The molecule has 0 aliphatic rings. The van der Waals surface area contributed by atoms with Gasteiger partial charge >= 0.3 is 0 Å². The quantitative estimate of drug-likeness (QED) is 0.548. The summed E-state index contributed by atoms with van der Waals surface area (Å²) in [7, 11) is 3.95. The number of nitrogens with one attached hydrogen (secondary N) is 2. The molecule has 0 aromatic carbocycles. The molecule has 0 spiro atoms. The second-order valence-corrected chi connectivity index (χ2v) is 5.25. The maximum Gasteiger partial charge on any atom is 0.191 e. The van der Waals surface area contributed by atoms with E-state index in [-0.39, 0.29) is 0 Å². The van der Waals surface area contributed by atoms with E-state index in [1.165, 1.54) is 0 Å². The van der Waals surface area contributed by atoms with E-state index in [0.29, 0.717) is 18.0 Å². The number of likely N-dealkylation sites (N-methyl/N-ethyl adjacent to an activating group) is 1. The van der Waals surface area contributed by atoms with Gasteiger partial charge in [-0.3, -0.25) is 4.99 Å². The van der Waals surface area contributed by atoms with Gasteiger partial charge in [0.15, 0.2) is 5.96 Å². The number of rotatable bonds is 6. The van der Waals surface area contributed by atoms with Gasteiger partial charge in [-0.05, 0) is 33.7 Å². The minimum atomic E-state index is 0.434. The van der Waals surface area contributed by atoms with Crippen molar-refractivity contribution in [1.82, 2.24) is 15.5 Å². The van der Waals surface area contributed by atoms with Crippen LogP contribution in [0.1, 0.15) is 34.6 Å². The third-order valence-corrected chi connectivity index (χ3v) is 3.23. The first kappa shape index (κ1) is 16.2. The normalized spacial score (nSPS) is 14.6. The Morgan fingerprint density at radius 2 is 1.76 bits per heavy atom. The van der Waals surface area contributed by atoms with Crippen molar-refractivity contribution in [3.8, 4) is 0 Å². The molecular weight excluding hydrogens is 212 g/mol. The van der Waals surface area contributed by atoms with Crippen molar-refractivity contribution in [3.05, 3.63) is 0 Å². The number of aliphatic imine (C=N–C) groups is 1. The lowest BCUT2D eigenvalue weighted by molar-refractivity contribution is 0.278. The van der Waals surface area contributed by atoms with Gasteiger partial charge in [-0.1, -0.05) is 13.8 Å². The Bertz CT molecular complexity index is 223. The molecule has 4 nitrogen and oxygen atoms in total. The summed E-state index contributed by atoms with van der Waals surface area (Å²) in [6, 6.07) is 1.02. The van der Waals surface area contributed by atoms with Crippen molar-refractivity contribution in [3.63, 3.8) is 0 Å². The van der Waals surface area contributed by atoms with Crippen LogP contribution in [0, 0.1) is 5.92 Å². The summed E-state index contributed by atoms with van der Waals surface area (Å²) in [5, 5.41) is 6.73. The van der Waals surface area contributed by atoms with E-state index in [1.54, 1.807) is 0 Å². The second kappa shape index (κ2) is 8.34. The van der Waals surface area contributed by atoms with E-state index in [9.17, 15) is 0 Å². The van der Waals surface area contributed by atoms with Gasteiger partial charge in [0.2, 0.25) is 0 Å². The van der Waals surface area contributed by atoms with Crippen LogP contribution in [0.25, 0.3) is 0 Å². The molecule has 1 unspecified atom stereocenters. The summed E-state index contributed by atoms with van der Waals surface area (Å²) in [5.74, 6) is 1.50. The summed E-state index contributed by atoms with van der Waals surface area (Å²) < 4.78 is 0. The summed E-state index contributed by atoms with van der Waals surface area (Å²) >= 11 is 0. The second-order valence-electron chi connectivity index (χ2n) is 5.25. The van der Waals surface area contributed by atoms with Gasteiger partial charge in [-0.2, -0.15) is 0 Å².